The van der Waals surface area contributed by atoms with Crippen molar-refractivity contribution in [3.05, 3.63) is 106 Å². The van der Waals surface area contributed by atoms with Crippen molar-refractivity contribution in [2.24, 2.45) is 0 Å². The van der Waals surface area contributed by atoms with Crippen LogP contribution < -0.4 is 5.56 Å². The summed E-state index contributed by atoms with van der Waals surface area (Å²) in [5, 5.41) is 31.6. The number of carboxylic acid groups (broad SMARTS) is 1. The number of aromatic nitrogens is 2. The van der Waals surface area contributed by atoms with Gasteiger partial charge in [-0.15, -0.1) is 0 Å². The number of hydrogen-bond donors (Lipinski definition) is 3. The monoisotopic (exact) mass is 570 g/mol. The molecule has 5 rings (SSSR count). The number of aliphatic hydroxyl groups is 2. The second kappa shape index (κ2) is 12.3. The predicted molar refractivity (Wildman–Crippen MR) is 162 cm³/mol. The zero-order valence-corrected chi connectivity index (χ0v) is 23.7. The molecule has 0 bridgehead atoms. The Bertz CT molecular complexity index is 1770. The second-order valence-electron chi connectivity index (χ2n) is 11.1. The molecule has 2 atom stereocenters. The van der Waals surface area contributed by atoms with Gasteiger partial charge in [-0.2, -0.15) is 0 Å². The molecular formula is C34H35FN2O5. The van der Waals surface area contributed by atoms with Crippen LogP contribution in [-0.4, -0.2) is 42.6 Å². The first kappa shape index (κ1) is 29.2. The summed E-state index contributed by atoms with van der Waals surface area (Å²) in [5.74, 6) is -1.46. The molecular weight excluding hydrogens is 535 g/mol. The molecule has 3 aromatic carbocycles. The lowest BCUT2D eigenvalue weighted by Crippen LogP contribution is -2.24. The minimum Gasteiger partial charge on any atom is -0.481 e. The summed E-state index contributed by atoms with van der Waals surface area (Å²) in [6.07, 6.45) is -1.87. The van der Waals surface area contributed by atoms with E-state index in [2.05, 4.69) is 0 Å². The highest BCUT2D eigenvalue weighted by Crippen LogP contribution is 2.40. The molecule has 0 aliphatic rings. The van der Waals surface area contributed by atoms with Crippen LogP contribution >= 0.6 is 0 Å². The van der Waals surface area contributed by atoms with Gasteiger partial charge in [0.25, 0.3) is 5.56 Å². The summed E-state index contributed by atoms with van der Waals surface area (Å²) in [4.78, 5) is 25.4. The number of carboxylic acids is 1. The average Bonchev–Trinajstić information content (AvgIpc) is 3.31. The Morgan fingerprint density at radius 1 is 0.905 bits per heavy atom. The second-order valence-corrected chi connectivity index (χ2v) is 11.1. The lowest BCUT2D eigenvalue weighted by molar-refractivity contribution is -0.139. The first-order chi connectivity index (χ1) is 20.2. The summed E-state index contributed by atoms with van der Waals surface area (Å²) in [6.45, 7) is 4.31. The molecule has 5 aromatic rings. The van der Waals surface area contributed by atoms with Crippen molar-refractivity contribution in [3.8, 4) is 11.1 Å². The fourth-order valence-electron chi connectivity index (χ4n) is 5.95. The van der Waals surface area contributed by atoms with Gasteiger partial charge in [-0.05, 0) is 62.4 Å². The van der Waals surface area contributed by atoms with Gasteiger partial charge in [0.1, 0.15) is 11.3 Å². The van der Waals surface area contributed by atoms with E-state index in [0.29, 0.717) is 11.9 Å². The van der Waals surface area contributed by atoms with Crippen molar-refractivity contribution < 1.29 is 24.5 Å². The van der Waals surface area contributed by atoms with E-state index >= 15 is 0 Å². The van der Waals surface area contributed by atoms with E-state index in [1.165, 1.54) is 12.1 Å². The van der Waals surface area contributed by atoms with E-state index in [1.54, 1.807) is 16.7 Å². The number of carbonyl (C=O) groups is 1. The highest BCUT2D eigenvalue weighted by molar-refractivity contribution is 6.13. The molecule has 3 N–H and O–H groups in total. The number of halogens is 1. The fraction of sp³-hybridized carbons (Fsp3) is 0.294. The third-order valence-corrected chi connectivity index (χ3v) is 7.72. The molecule has 0 aliphatic carbocycles. The molecule has 0 saturated carbocycles. The van der Waals surface area contributed by atoms with E-state index in [0.717, 1.165) is 38.7 Å². The molecule has 42 heavy (non-hydrogen) atoms. The number of para-hydroxylation sites is 1. The minimum atomic E-state index is -1.15. The van der Waals surface area contributed by atoms with E-state index < -0.39 is 24.6 Å². The Balaban J connectivity index is 1.74. The van der Waals surface area contributed by atoms with Crippen molar-refractivity contribution in [2.45, 2.75) is 64.3 Å². The molecule has 7 nitrogen and oxygen atoms in total. The maximum Gasteiger partial charge on any atom is 0.305 e. The van der Waals surface area contributed by atoms with Crippen LogP contribution in [-0.2, 0) is 17.8 Å². The number of aliphatic carboxylic acids is 1. The van der Waals surface area contributed by atoms with Crippen molar-refractivity contribution in [3.63, 3.8) is 0 Å². The summed E-state index contributed by atoms with van der Waals surface area (Å²) >= 11 is 0. The highest BCUT2D eigenvalue weighted by Gasteiger charge is 2.27. The van der Waals surface area contributed by atoms with Gasteiger partial charge in [0.05, 0.1) is 30.7 Å². The summed E-state index contributed by atoms with van der Waals surface area (Å²) < 4.78 is 17.4. The van der Waals surface area contributed by atoms with Crippen LogP contribution in [0.2, 0.25) is 0 Å². The van der Waals surface area contributed by atoms with Gasteiger partial charge in [0.15, 0.2) is 0 Å². The van der Waals surface area contributed by atoms with E-state index in [1.807, 2.05) is 73.0 Å². The van der Waals surface area contributed by atoms with E-state index in [4.69, 9.17) is 5.11 Å². The molecule has 8 heteroatoms. The van der Waals surface area contributed by atoms with Crippen LogP contribution in [0.1, 0.15) is 50.4 Å². The van der Waals surface area contributed by atoms with Crippen molar-refractivity contribution in [1.82, 2.24) is 9.13 Å². The Labute approximate surface area is 243 Å². The molecule has 0 spiro atoms. The van der Waals surface area contributed by atoms with Gasteiger partial charge >= 0.3 is 5.97 Å². The molecule has 0 saturated heterocycles. The Morgan fingerprint density at radius 2 is 1.57 bits per heavy atom. The van der Waals surface area contributed by atoms with Crippen molar-refractivity contribution in [2.75, 3.05) is 0 Å². The van der Waals surface area contributed by atoms with Crippen LogP contribution in [0.15, 0.2) is 83.7 Å². The van der Waals surface area contributed by atoms with Crippen LogP contribution in [0.25, 0.3) is 32.9 Å². The minimum absolute atomic E-state index is 0.0533. The number of aliphatic hydroxyl groups excluding tert-OH is 2. The SMILES string of the molecule is CC(C)n1c(CCC(O)CC(O)CC(=O)O)c(-c2ccccc2)c2c3ccccc3n(Cc3ccc(F)cc3)c(=O)c21. The van der Waals surface area contributed by atoms with Crippen LogP contribution in [0.5, 0.6) is 0 Å². The maximum atomic E-state index is 14.5. The number of nitrogens with zero attached hydrogens (tertiary/aromatic N) is 2. The van der Waals surface area contributed by atoms with Crippen molar-refractivity contribution in [1.29, 1.82) is 0 Å². The van der Waals surface area contributed by atoms with Gasteiger partial charge in [-0.1, -0.05) is 60.7 Å². The number of pyridine rings is 1. The molecule has 0 amide bonds. The zero-order chi connectivity index (χ0) is 30.0. The van der Waals surface area contributed by atoms with E-state index in [9.17, 15) is 24.2 Å². The Kier molecular flexibility index (Phi) is 8.56. The first-order valence-corrected chi connectivity index (χ1v) is 14.2. The van der Waals surface area contributed by atoms with Crippen LogP contribution in [0.4, 0.5) is 4.39 Å². The Hall–Kier alpha value is -4.27. The lowest BCUT2D eigenvalue weighted by atomic mass is 9.96. The number of rotatable bonds is 11. The standard InChI is InChI=1S/C34H35FN2O5/c1-21(2)37-29(17-16-25(38)18-26(39)19-30(40)41)31(23-8-4-3-5-9-23)32-27-10-6-7-11-28(27)36(34(42)33(32)37)20-22-12-14-24(35)15-13-22/h3-15,21,25-26,38-39H,16-20H2,1-2H3,(H,40,41). The largest absolute Gasteiger partial charge is 0.481 e. The van der Waals surface area contributed by atoms with Gasteiger partial charge in [-0.25, -0.2) is 4.39 Å². The molecule has 2 unspecified atom stereocenters. The van der Waals surface area contributed by atoms with Crippen molar-refractivity contribution >= 4 is 27.8 Å². The van der Waals surface area contributed by atoms with Gasteiger partial charge in [0, 0.05) is 28.1 Å². The molecule has 2 aromatic heterocycles. The van der Waals surface area contributed by atoms with E-state index in [-0.39, 0.29) is 36.8 Å². The van der Waals surface area contributed by atoms with Gasteiger partial charge in [-0.3, -0.25) is 9.59 Å². The smallest absolute Gasteiger partial charge is 0.305 e. The fourth-order valence-corrected chi connectivity index (χ4v) is 5.95. The molecule has 0 aliphatic heterocycles. The molecule has 0 fully saturated rings. The van der Waals surface area contributed by atoms with Crippen LogP contribution in [0, 0.1) is 5.82 Å². The predicted octanol–water partition coefficient (Wildman–Crippen LogP) is 5.91. The third-order valence-electron chi connectivity index (χ3n) is 7.72. The highest BCUT2D eigenvalue weighted by atomic mass is 19.1. The molecule has 218 valence electrons. The van der Waals surface area contributed by atoms with Gasteiger partial charge < -0.3 is 24.5 Å². The third kappa shape index (κ3) is 5.86. The molecule has 2 heterocycles. The summed E-state index contributed by atoms with van der Waals surface area (Å²) in [7, 11) is 0. The summed E-state index contributed by atoms with van der Waals surface area (Å²) in [6, 6.07) is 23.7. The number of hydrogen-bond acceptors (Lipinski definition) is 4. The topological polar surface area (TPSA) is 105 Å². The average molecular weight is 571 g/mol. The number of fused-ring (bicyclic) bond motifs is 3. The lowest BCUT2D eigenvalue weighted by Gasteiger charge is -2.19. The van der Waals surface area contributed by atoms with Gasteiger partial charge in [0.2, 0.25) is 0 Å². The zero-order valence-electron chi connectivity index (χ0n) is 23.7. The van der Waals surface area contributed by atoms with Crippen LogP contribution in [0.3, 0.4) is 0 Å². The molecule has 0 radical (unpaired) electrons. The Morgan fingerprint density at radius 3 is 2.24 bits per heavy atom. The maximum absolute atomic E-state index is 14.5. The summed E-state index contributed by atoms with van der Waals surface area (Å²) in [5.41, 5.74) is 4.71. The normalized spacial score (nSPS) is 13.2. The number of benzene rings is 3. The quantitative estimate of drug-likeness (QED) is 0.183. The first-order valence-electron chi connectivity index (χ1n) is 14.2.